The summed E-state index contributed by atoms with van der Waals surface area (Å²) in [5, 5.41) is 4.02. The second kappa shape index (κ2) is 6.96. The highest BCUT2D eigenvalue weighted by Gasteiger charge is 2.24. The van der Waals surface area contributed by atoms with E-state index in [0.717, 1.165) is 18.8 Å². The standard InChI is InChI=1S/C14H22ClN3O2S/c1-3-16-11-12-4-5-13(15)10-14(12)17-6-8-18(9-7-17)21(2,19)20/h4-5,10,16H,3,6-9,11H2,1-2H3. The molecule has 118 valence electrons. The molecule has 5 nitrogen and oxygen atoms in total. The molecule has 1 heterocycles. The van der Waals surface area contributed by atoms with Gasteiger partial charge in [0, 0.05) is 43.4 Å². The number of benzene rings is 1. The molecule has 0 amide bonds. The van der Waals surface area contributed by atoms with E-state index in [-0.39, 0.29) is 0 Å². The average molecular weight is 332 g/mol. The summed E-state index contributed by atoms with van der Waals surface area (Å²) in [6.07, 6.45) is 1.26. The molecule has 0 unspecified atom stereocenters. The fourth-order valence-corrected chi connectivity index (χ4v) is 3.49. The van der Waals surface area contributed by atoms with E-state index in [9.17, 15) is 8.42 Å². The Morgan fingerprint density at radius 3 is 2.48 bits per heavy atom. The van der Waals surface area contributed by atoms with Crippen molar-refractivity contribution in [2.45, 2.75) is 13.5 Å². The summed E-state index contributed by atoms with van der Waals surface area (Å²) in [6.45, 7) is 6.18. The van der Waals surface area contributed by atoms with E-state index in [0.29, 0.717) is 31.2 Å². The molecule has 1 aliphatic rings. The molecule has 0 spiro atoms. The highest BCUT2D eigenvalue weighted by molar-refractivity contribution is 7.88. The Kier molecular flexibility index (Phi) is 5.48. The Balaban J connectivity index is 2.13. The highest BCUT2D eigenvalue weighted by Crippen LogP contribution is 2.26. The van der Waals surface area contributed by atoms with Gasteiger partial charge in [0.2, 0.25) is 10.0 Å². The van der Waals surface area contributed by atoms with Gasteiger partial charge in [-0.1, -0.05) is 24.6 Å². The number of nitrogens with zero attached hydrogens (tertiary/aromatic N) is 2. The summed E-state index contributed by atoms with van der Waals surface area (Å²) in [6, 6.07) is 5.89. The normalized spacial score (nSPS) is 17.2. The lowest BCUT2D eigenvalue weighted by Crippen LogP contribution is -2.48. The number of anilines is 1. The smallest absolute Gasteiger partial charge is 0.211 e. The van der Waals surface area contributed by atoms with Crippen LogP contribution in [0.4, 0.5) is 5.69 Å². The van der Waals surface area contributed by atoms with E-state index in [1.807, 2.05) is 18.2 Å². The predicted octanol–water partition coefficient (Wildman–Crippen LogP) is 1.53. The number of hydrogen-bond acceptors (Lipinski definition) is 4. The van der Waals surface area contributed by atoms with Crippen LogP contribution in [-0.2, 0) is 16.6 Å². The summed E-state index contributed by atoms with van der Waals surface area (Å²) in [5.74, 6) is 0. The molecule has 1 aromatic carbocycles. The van der Waals surface area contributed by atoms with Crippen molar-refractivity contribution in [1.29, 1.82) is 0 Å². The van der Waals surface area contributed by atoms with Crippen molar-refractivity contribution in [3.05, 3.63) is 28.8 Å². The molecule has 0 saturated carbocycles. The SMILES string of the molecule is CCNCc1ccc(Cl)cc1N1CCN(S(C)(=O)=O)CC1. The van der Waals surface area contributed by atoms with Gasteiger partial charge in [0.25, 0.3) is 0 Å². The van der Waals surface area contributed by atoms with E-state index in [2.05, 4.69) is 17.1 Å². The lowest BCUT2D eigenvalue weighted by molar-refractivity contribution is 0.387. The van der Waals surface area contributed by atoms with Crippen molar-refractivity contribution < 1.29 is 8.42 Å². The maximum Gasteiger partial charge on any atom is 0.211 e. The zero-order valence-electron chi connectivity index (χ0n) is 12.5. The third kappa shape index (κ3) is 4.32. The second-order valence-corrected chi connectivity index (χ2v) is 7.62. The zero-order valence-corrected chi connectivity index (χ0v) is 14.0. The molecule has 0 bridgehead atoms. The van der Waals surface area contributed by atoms with Gasteiger partial charge in [-0.25, -0.2) is 8.42 Å². The number of halogens is 1. The Hall–Kier alpha value is -0.820. The third-order valence-electron chi connectivity index (χ3n) is 3.66. The van der Waals surface area contributed by atoms with Gasteiger partial charge >= 0.3 is 0 Å². The van der Waals surface area contributed by atoms with Crippen LogP contribution >= 0.6 is 11.6 Å². The quantitative estimate of drug-likeness (QED) is 0.889. The van der Waals surface area contributed by atoms with Crippen LogP contribution in [0.3, 0.4) is 0 Å². The molecule has 0 aromatic heterocycles. The van der Waals surface area contributed by atoms with Gasteiger partial charge in [-0.15, -0.1) is 0 Å². The van der Waals surface area contributed by atoms with Crippen LogP contribution in [0.1, 0.15) is 12.5 Å². The minimum absolute atomic E-state index is 0.520. The molecular formula is C14H22ClN3O2S. The van der Waals surface area contributed by atoms with Crippen LogP contribution in [0.25, 0.3) is 0 Å². The summed E-state index contributed by atoms with van der Waals surface area (Å²) in [5.41, 5.74) is 2.28. The van der Waals surface area contributed by atoms with Crippen molar-refractivity contribution in [2.24, 2.45) is 0 Å². The molecule has 0 atom stereocenters. The summed E-state index contributed by atoms with van der Waals surface area (Å²) >= 11 is 6.12. The maximum absolute atomic E-state index is 11.6. The lowest BCUT2D eigenvalue weighted by Gasteiger charge is -2.36. The molecule has 0 aliphatic carbocycles. The van der Waals surface area contributed by atoms with Gasteiger partial charge in [-0.3, -0.25) is 0 Å². The van der Waals surface area contributed by atoms with Crippen LogP contribution in [0.5, 0.6) is 0 Å². The second-order valence-electron chi connectivity index (χ2n) is 5.20. The first-order chi connectivity index (χ1) is 9.91. The van der Waals surface area contributed by atoms with E-state index < -0.39 is 10.0 Å². The summed E-state index contributed by atoms with van der Waals surface area (Å²) in [4.78, 5) is 2.21. The molecule has 1 N–H and O–H groups in total. The first-order valence-electron chi connectivity index (χ1n) is 7.11. The Bertz CT molecular complexity index is 584. The van der Waals surface area contributed by atoms with Crippen LogP contribution in [-0.4, -0.2) is 51.7 Å². The van der Waals surface area contributed by atoms with Crippen molar-refractivity contribution >= 4 is 27.3 Å². The Morgan fingerprint density at radius 1 is 1.24 bits per heavy atom. The average Bonchev–Trinajstić information content (AvgIpc) is 2.45. The third-order valence-corrected chi connectivity index (χ3v) is 5.20. The number of nitrogens with one attached hydrogen (secondary N) is 1. The zero-order chi connectivity index (χ0) is 15.5. The van der Waals surface area contributed by atoms with Gasteiger partial charge in [-0.2, -0.15) is 4.31 Å². The van der Waals surface area contributed by atoms with Crippen LogP contribution in [0.15, 0.2) is 18.2 Å². The van der Waals surface area contributed by atoms with Gasteiger partial charge in [-0.05, 0) is 24.2 Å². The molecular weight excluding hydrogens is 310 g/mol. The maximum atomic E-state index is 11.6. The summed E-state index contributed by atoms with van der Waals surface area (Å²) < 4.78 is 24.7. The van der Waals surface area contributed by atoms with Gasteiger partial charge in [0.15, 0.2) is 0 Å². The highest BCUT2D eigenvalue weighted by atomic mass is 35.5. The Morgan fingerprint density at radius 2 is 1.90 bits per heavy atom. The van der Waals surface area contributed by atoms with Gasteiger partial charge < -0.3 is 10.2 Å². The largest absolute Gasteiger partial charge is 0.369 e. The van der Waals surface area contributed by atoms with Crippen molar-refractivity contribution in [2.75, 3.05) is 43.9 Å². The molecule has 1 saturated heterocycles. The molecule has 0 radical (unpaired) electrons. The summed E-state index contributed by atoms with van der Waals surface area (Å²) in [7, 11) is -3.10. The van der Waals surface area contributed by atoms with Gasteiger partial charge in [0.05, 0.1) is 6.26 Å². The molecule has 1 fully saturated rings. The minimum Gasteiger partial charge on any atom is -0.369 e. The van der Waals surface area contributed by atoms with Crippen LogP contribution in [0.2, 0.25) is 5.02 Å². The predicted molar refractivity (Wildman–Crippen MR) is 87.5 cm³/mol. The monoisotopic (exact) mass is 331 g/mol. The lowest BCUT2D eigenvalue weighted by atomic mass is 10.1. The molecule has 2 rings (SSSR count). The number of hydrogen-bond donors (Lipinski definition) is 1. The molecule has 21 heavy (non-hydrogen) atoms. The van der Waals surface area contributed by atoms with Crippen molar-refractivity contribution in [3.8, 4) is 0 Å². The Labute approximate surface area is 131 Å². The van der Waals surface area contributed by atoms with Crippen molar-refractivity contribution in [1.82, 2.24) is 9.62 Å². The molecule has 1 aromatic rings. The number of sulfonamides is 1. The minimum atomic E-state index is -3.10. The van der Waals surface area contributed by atoms with Crippen LogP contribution < -0.4 is 10.2 Å². The van der Waals surface area contributed by atoms with E-state index in [1.165, 1.54) is 16.1 Å². The van der Waals surface area contributed by atoms with Crippen molar-refractivity contribution in [3.63, 3.8) is 0 Å². The fraction of sp³-hybridized carbons (Fsp3) is 0.571. The van der Waals surface area contributed by atoms with Crippen LogP contribution in [0, 0.1) is 0 Å². The molecule has 7 heteroatoms. The van der Waals surface area contributed by atoms with E-state index in [1.54, 1.807) is 0 Å². The molecule has 1 aliphatic heterocycles. The number of rotatable bonds is 5. The number of piperazine rings is 1. The first-order valence-corrected chi connectivity index (χ1v) is 9.33. The topological polar surface area (TPSA) is 52.6 Å². The van der Waals surface area contributed by atoms with E-state index >= 15 is 0 Å². The van der Waals surface area contributed by atoms with Gasteiger partial charge in [0.1, 0.15) is 0 Å². The fourth-order valence-electron chi connectivity index (χ4n) is 2.50. The van der Waals surface area contributed by atoms with E-state index in [4.69, 9.17) is 11.6 Å². The first kappa shape index (κ1) is 16.5.